The topological polar surface area (TPSA) is 18.5 Å². The van der Waals surface area contributed by atoms with Gasteiger partial charge in [-0.05, 0) is 36.1 Å². The van der Waals surface area contributed by atoms with E-state index < -0.39 is 11.2 Å². The van der Waals surface area contributed by atoms with Crippen molar-refractivity contribution in [2.45, 2.75) is 25.0 Å². The van der Waals surface area contributed by atoms with Crippen LogP contribution in [0.15, 0.2) is 121 Å². The van der Waals surface area contributed by atoms with Crippen LogP contribution < -0.4 is 0 Å². The Kier molecular flexibility index (Phi) is 5.80. The average Bonchev–Trinajstić information content (AvgIpc) is 2.84. The van der Waals surface area contributed by atoms with Crippen molar-refractivity contribution in [3.63, 3.8) is 0 Å². The predicted octanol–water partition coefficient (Wildman–Crippen LogP) is 6.86. The van der Waals surface area contributed by atoms with Gasteiger partial charge in [-0.15, -0.1) is 0 Å². The molecule has 2 nitrogen and oxygen atoms in total. The predicted molar refractivity (Wildman–Crippen MR) is 121 cm³/mol. The molecule has 0 radical (unpaired) electrons. The highest BCUT2D eigenvalue weighted by Gasteiger charge is 2.38. The first-order valence-corrected chi connectivity index (χ1v) is 10.2. The van der Waals surface area contributed by atoms with E-state index in [-0.39, 0.29) is 0 Å². The molecular weight excluding hydrogens is 368 g/mol. The van der Waals surface area contributed by atoms with E-state index in [1.807, 2.05) is 86.6 Å². The lowest BCUT2D eigenvalue weighted by Crippen LogP contribution is -2.35. The Hall–Kier alpha value is -3.20. The molecule has 0 saturated carbocycles. The summed E-state index contributed by atoms with van der Waals surface area (Å²) in [7, 11) is 0. The van der Waals surface area contributed by atoms with E-state index >= 15 is 0 Å². The number of hydrogen-bond donors (Lipinski definition) is 0. The van der Waals surface area contributed by atoms with Gasteiger partial charge in [-0.2, -0.15) is 0 Å². The summed E-state index contributed by atoms with van der Waals surface area (Å²) in [6.45, 7) is 4.10. The average molecular weight is 395 g/mol. The lowest BCUT2D eigenvalue weighted by atomic mass is 9.87. The van der Waals surface area contributed by atoms with Gasteiger partial charge in [0, 0.05) is 0 Å². The summed E-state index contributed by atoms with van der Waals surface area (Å²) in [5.41, 5.74) is 2.57. The lowest BCUT2D eigenvalue weighted by molar-refractivity contribution is -0.398. The highest BCUT2D eigenvalue weighted by molar-refractivity contribution is 5.37. The van der Waals surface area contributed by atoms with Gasteiger partial charge in [0.05, 0.1) is 0 Å². The van der Waals surface area contributed by atoms with Crippen LogP contribution in [-0.2, 0) is 21.0 Å². The van der Waals surface area contributed by atoms with E-state index in [0.29, 0.717) is 0 Å². The standard InChI is InChI=1S/C28H26O2/c1-27(23-15-7-3-8-16-23,24-17-9-4-10-18-24)29-30-28(2,25-19-11-5-12-20-25)26-21-13-6-14-22-26/h3-22H,1-2H3. The fourth-order valence-corrected chi connectivity index (χ4v) is 3.72. The maximum absolute atomic E-state index is 6.38. The maximum Gasteiger partial charge on any atom is 0.151 e. The van der Waals surface area contributed by atoms with Crippen molar-refractivity contribution in [1.29, 1.82) is 0 Å². The van der Waals surface area contributed by atoms with Gasteiger partial charge in [0.2, 0.25) is 0 Å². The summed E-state index contributed by atoms with van der Waals surface area (Å²) in [6.07, 6.45) is 0. The van der Waals surface area contributed by atoms with Gasteiger partial charge in [0.25, 0.3) is 0 Å². The molecule has 150 valence electrons. The third-order valence-corrected chi connectivity index (χ3v) is 5.67. The highest BCUT2D eigenvalue weighted by Crippen LogP contribution is 2.39. The lowest BCUT2D eigenvalue weighted by Gasteiger charge is -2.36. The van der Waals surface area contributed by atoms with Crippen LogP contribution in [0.2, 0.25) is 0 Å². The minimum atomic E-state index is -0.770. The Labute approximate surface area is 178 Å². The monoisotopic (exact) mass is 394 g/mol. The van der Waals surface area contributed by atoms with E-state index in [2.05, 4.69) is 48.5 Å². The van der Waals surface area contributed by atoms with Crippen LogP contribution in [0.3, 0.4) is 0 Å². The third-order valence-electron chi connectivity index (χ3n) is 5.67. The fraction of sp³-hybridized carbons (Fsp3) is 0.143. The summed E-state index contributed by atoms with van der Waals surface area (Å²) in [6, 6.07) is 40.7. The first kappa shape index (κ1) is 20.1. The van der Waals surface area contributed by atoms with E-state index in [0.717, 1.165) is 22.3 Å². The van der Waals surface area contributed by atoms with Crippen molar-refractivity contribution < 1.29 is 9.78 Å². The molecule has 0 atom stereocenters. The first-order chi connectivity index (χ1) is 14.6. The van der Waals surface area contributed by atoms with E-state index in [4.69, 9.17) is 9.78 Å². The third kappa shape index (κ3) is 3.93. The fourth-order valence-electron chi connectivity index (χ4n) is 3.72. The highest BCUT2D eigenvalue weighted by atomic mass is 17.2. The van der Waals surface area contributed by atoms with Crippen molar-refractivity contribution in [2.75, 3.05) is 0 Å². The Bertz CT molecular complexity index is 877. The zero-order chi connectivity index (χ0) is 20.9. The van der Waals surface area contributed by atoms with Crippen LogP contribution in [-0.4, -0.2) is 0 Å². The van der Waals surface area contributed by atoms with Crippen molar-refractivity contribution in [3.05, 3.63) is 144 Å². The van der Waals surface area contributed by atoms with Crippen molar-refractivity contribution in [2.24, 2.45) is 0 Å². The van der Waals surface area contributed by atoms with Crippen LogP contribution in [0.1, 0.15) is 36.1 Å². The normalized spacial score (nSPS) is 11.9. The molecule has 0 N–H and O–H groups in total. The zero-order valence-corrected chi connectivity index (χ0v) is 17.4. The van der Waals surface area contributed by atoms with Gasteiger partial charge in [-0.3, -0.25) is 0 Å². The second-order valence-electron chi connectivity index (χ2n) is 7.70. The molecule has 0 heterocycles. The Balaban J connectivity index is 1.76. The quantitative estimate of drug-likeness (QED) is 0.252. The summed E-state index contributed by atoms with van der Waals surface area (Å²) in [5.74, 6) is 0. The summed E-state index contributed by atoms with van der Waals surface area (Å²) >= 11 is 0. The minimum absolute atomic E-state index is 0.770. The van der Waals surface area contributed by atoms with Crippen molar-refractivity contribution >= 4 is 0 Å². The van der Waals surface area contributed by atoms with E-state index in [9.17, 15) is 0 Å². The van der Waals surface area contributed by atoms with E-state index in [1.54, 1.807) is 0 Å². The smallest absolute Gasteiger partial charge is 0.151 e. The van der Waals surface area contributed by atoms with Crippen molar-refractivity contribution in [3.8, 4) is 0 Å². The Morgan fingerprint density at radius 3 is 0.767 bits per heavy atom. The Morgan fingerprint density at radius 1 is 0.367 bits per heavy atom. The molecule has 0 aromatic heterocycles. The molecule has 0 amide bonds. The molecule has 0 unspecified atom stereocenters. The molecule has 0 aliphatic rings. The minimum Gasteiger partial charge on any atom is -0.219 e. The number of hydrogen-bond acceptors (Lipinski definition) is 2. The molecule has 2 heteroatoms. The van der Waals surface area contributed by atoms with Crippen molar-refractivity contribution in [1.82, 2.24) is 0 Å². The Morgan fingerprint density at radius 2 is 0.567 bits per heavy atom. The van der Waals surface area contributed by atoms with E-state index in [1.165, 1.54) is 0 Å². The van der Waals surface area contributed by atoms with Gasteiger partial charge in [0.1, 0.15) is 0 Å². The van der Waals surface area contributed by atoms with Gasteiger partial charge in [-0.1, -0.05) is 121 Å². The van der Waals surface area contributed by atoms with Gasteiger partial charge >= 0.3 is 0 Å². The van der Waals surface area contributed by atoms with Crippen LogP contribution in [0.4, 0.5) is 0 Å². The van der Waals surface area contributed by atoms with Crippen LogP contribution >= 0.6 is 0 Å². The largest absolute Gasteiger partial charge is 0.219 e. The summed E-state index contributed by atoms with van der Waals surface area (Å²) in [4.78, 5) is 12.8. The summed E-state index contributed by atoms with van der Waals surface area (Å²) < 4.78 is 0. The molecule has 0 spiro atoms. The zero-order valence-electron chi connectivity index (χ0n) is 17.4. The first-order valence-electron chi connectivity index (χ1n) is 10.2. The molecule has 30 heavy (non-hydrogen) atoms. The molecule has 4 rings (SSSR count). The molecule has 0 aliphatic heterocycles. The van der Waals surface area contributed by atoms with Gasteiger partial charge < -0.3 is 0 Å². The van der Waals surface area contributed by atoms with Crippen LogP contribution in [0, 0.1) is 0 Å². The number of benzene rings is 4. The number of rotatable bonds is 7. The molecular formula is C28H26O2. The van der Waals surface area contributed by atoms with Gasteiger partial charge in [0.15, 0.2) is 11.2 Å². The SMILES string of the molecule is CC(OOC(C)(c1ccccc1)c1ccccc1)(c1ccccc1)c1ccccc1. The molecule has 4 aromatic rings. The second kappa shape index (κ2) is 8.66. The molecule has 4 aromatic carbocycles. The maximum atomic E-state index is 6.38. The molecule has 0 fully saturated rings. The second-order valence-corrected chi connectivity index (χ2v) is 7.70. The molecule has 0 bridgehead atoms. The summed E-state index contributed by atoms with van der Waals surface area (Å²) in [5, 5.41) is 0. The van der Waals surface area contributed by atoms with Gasteiger partial charge in [-0.25, -0.2) is 9.78 Å². The molecule has 0 aliphatic carbocycles. The van der Waals surface area contributed by atoms with Crippen LogP contribution in [0.5, 0.6) is 0 Å². The molecule has 0 saturated heterocycles. The van der Waals surface area contributed by atoms with Crippen LogP contribution in [0.25, 0.3) is 0 Å².